The number of hydrogen-bond acceptors (Lipinski definition) is 3. The maximum atomic E-state index is 4.28. The molecule has 114 valence electrons. The molecule has 2 aromatic rings. The minimum absolute atomic E-state index is 0.210. The van der Waals surface area contributed by atoms with Crippen LogP contribution in [0.15, 0.2) is 29.4 Å². The molecule has 21 heavy (non-hydrogen) atoms. The van der Waals surface area contributed by atoms with E-state index in [1.807, 2.05) is 7.05 Å². The van der Waals surface area contributed by atoms with Crippen LogP contribution in [0.5, 0.6) is 0 Å². The molecule has 0 N–H and O–H groups in total. The molecule has 0 atom stereocenters. The van der Waals surface area contributed by atoms with Crippen molar-refractivity contribution in [1.82, 2.24) is 14.8 Å². The lowest BCUT2D eigenvalue weighted by Gasteiger charge is -2.19. The van der Waals surface area contributed by atoms with Crippen molar-refractivity contribution >= 4 is 11.8 Å². The number of hydrogen-bond donors (Lipinski definition) is 0. The molecule has 2 rings (SSSR count). The van der Waals surface area contributed by atoms with Gasteiger partial charge in [0, 0.05) is 18.7 Å². The monoisotopic (exact) mass is 303 g/mol. The van der Waals surface area contributed by atoms with E-state index < -0.39 is 0 Å². The van der Waals surface area contributed by atoms with Crippen molar-refractivity contribution < 1.29 is 0 Å². The summed E-state index contributed by atoms with van der Waals surface area (Å²) in [5.41, 5.74) is 2.90. The Morgan fingerprint density at radius 3 is 2.19 bits per heavy atom. The Bertz CT molecular complexity index is 591. The quantitative estimate of drug-likeness (QED) is 0.778. The average Bonchev–Trinajstić information content (AvgIpc) is 2.77. The molecule has 0 aliphatic carbocycles. The smallest absolute Gasteiger partial charge is 0.191 e. The van der Waals surface area contributed by atoms with Gasteiger partial charge in [0.05, 0.1) is 0 Å². The second kappa shape index (κ2) is 6.22. The maximum absolute atomic E-state index is 4.28. The number of nitrogens with zero attached hydrogens (tertiary/aromatic N) is 3. The van der Waals surface area contributed by atoms with Crippen LogP contribution < -0.4 is 0 Å². The van der Waals surface area contributed by atoms with Gasteiger partial charge in [-0.1, -0.05) is 70.6 Å². The predicted octanol–water partition coefficient (Wildman–Crippen LogP) is 4.53. The van der Waals surface area contributed by atoms with Crippen LogP contribution in [0.2, 0.25) is 0 Å². The standard InChI is InChI=1S/C17H25N3S/c1-12(2)15-18-19-16(20(15)6)21-11-13-7-9-14(10-8-13)17(3,4)5/h7-10,12H,11H2,1-6H3. The van der Waals surface area contributed by atoms with Crippen molar-refractivity contribution in [2.24, 2.45) is 7.05 Å². The molecule has 1 aromatic heterocycles. The van der Waals surface area contributed by atoms with Crippen molar-refractivity contribution in [2.75, 3.05) is 0 Å². The summed E-state index contributed by atoms with van der Waals surface area (Å²) in [5.74, 6) is 2.37. The summed E-state index contributed by atoms with van der Waals surface area (Å²) in [6, 6.07) is 8.89. The van der Waals surface area contributed by atoms with E-state index in [2.05, 4.69) is 73.6 Å². The SMILES string of the molecule is CC(C)c1nnc(SCc2ccc(C(C)(C)C)cc2)n1C. The zero-order valence-electron chi connectivity index (χ0n) is 13.8. The number of benzene rings is 1. The van der Waals surface area contributed by atoms with E-state index in [0.717, 1.165) is 16.7 Å². The Balaban J connectivity index is 2.03. The molecule has 0 fully saturated rings. The Morgan fingerprint density at radius 2 is 1.71 bits per heavy atom. The lowest BCUT2D eigenvalue weighted by molar-refractivity contribution is 0.590. The molecule has 0 spiro atoms. The molecule has 0 aliphatic heterocycles. The van der Waals surface area contributed by atoms with Gasteiger partial charge in [0.15, 0.2) is 5.16 Å². The van der Waals surface area contributed by atoms with Crippen molar-refractivity contribution in [3.8, 4) is 0 Å². The first-order chi connectivity index (χ1) is 9.79. The Kier molecular flexibility index (Phi) is 4.77. The fraction of sp³-hybridized carbons (Fsp3) is 0.529. The fourth-order valence-corrected chi connectivity index (χ4v) is 3.08. The van der Waals surface area contributed by atoms with Crippen LogP contribution in [0.4, 0.5) is 0 Å². The van der Waals surface area contributed by atoms with Crippen molar-refractivity contribution in [3.63, 3.8) is 0 Å². The highest BCUT2D eigenvalue weighted by Gasteiger charge is 2.14. The van der Waals surface area contributed by atoms with Gasteiger partial charge in [-0.25, -0.2) is 0 Å². The third-order valence-corrected chi connectivity index (χ3v) is 4.66. The summed E-state index contributed by atoms with van der Waals surface area (Å²) < 4.78 is 2.10. The average molecular weight is 303 g/mol. The molecular formula is C17H25N3S. The second-order valence-corrected chi connectivity index (χ2v) is 7.73. The molecule has 3 nitrogen and oxygen atoms in total. The van der Waals surface area contributed by atoms with Gasteiger partial charge in [0.1, 0.15) is 5.82 Å². The van der Waals surface area contributed by atoms with Gasteiger partial charge in [0.25, 0.3) is 0 Å². The van der Waals surface area contributed by atoms with E-state index in [1.54, 1.807) is 11.8 Å². The number of thioether (sulfide) groups is 1. The lowest BCUT2D eigenvalue weighted by atomic mass is 9.87. The second-order valence-electron chi connectivity index (χ2n) is 6.79. The van der Waals surface area contributed by atoms with Crippen LogP contribution in [-0.4, -0.2) is 14.8 Å². The van der Waals surface area contributed by atoms with Gasteiger partial charge in [0.2, 0.25) is 0 Å². The third-order valence-electron chi connectivity index (χ3n) is 3.57. The van der Waals surface area contributed by atoms with Gasteiger partial charge >= 0.3 is 0 Å². The summed E-state index contributed by atoms with van der Waals surface area (Å²) in [4.78, 5) is 0. The molecule has 0 saturated heterocycles. The summed E-state index contributed by atoms with van der Waals surface area (Å²) in [6.45, 7) is 11.0. The number of aromatic nitrogens is 3. The number of rotatable bonds is 4. The minimum Gasteiger partial charge on any atom is -0.309 e. The fourth-order valence-electron chi connectivity index (χ4n) is 2.20. The molecule has 1 aromatic carbocycles. The normalized spacial score (nSPS) is 12.1. The van der Waals surface area contributed by atoms with E-state index in [4.69, 9.17) is 0 Å². The lowest BCUT2D eigenvalue weighted by Crippen LogP contribution is -2.10. The molecule has 0 aliphatic rings. The van der Waals surface area contributed by atoms with Gasteiger partial charge < -0.3 is 4.57 Å². The maximum Gasteiger partial charge on any atom is 0.191 e. The summed E-state index contributed by atoms with van der Waals surface area (Å²) in [6.07, 6.45) is 0. The Labute approximate surface area is 132 Å². The van der Waals surface area contributed by atoms with Crippen LogP contribution >= 0.6 is 11.8 Å². The molecular weight excluding hydrogens is 278 g/mol. The van der Waals surface area contributed by atoms with Crippen LogP contribution in [0.3, 0.4) is 0 Å². The first-order valence-electron chi connectivity index (χ1n) is 7.40. The summed E-state index contributed by atoms with van der Waals surface area (Å²) in [5, 5.41) is 9.54. The molecule has 0 saturated carbocycles. The van der Waals surface area contributed by atoms with Crippen LogP contribution in [-0.2, 0) is 18.2 Å². The van der Waals surface area contributed by atoms with E-state index in [0.29, 0.717) is 5.92 Å². The first-order valence-corrected chi connectivity index (χ1v) is 8.39. The molecule has 4 heteroatoms. The zero-order chi connectivity index (χ0) is 15.6. The Morgan fingerprint density at radius 1 is 1.10 bits per heavy atom. The van der Waals surface area contributed by atoms with Crippen molar-refractivity contribution in [2.45, 2.75) is 56.9 Å². The van der Waals surface area contributed by atoms with E-state index in [9.17, 15) is 0 Å². The van der Waals surface area contributed by atoms with Gasteiger partial charge in [-0.3, -0.25) is 0 Å². The third kappa shape index (κ3) is 3.88. The topological polar surface area (TPSA) is 30.7 Å². The van der Waals surface area contributed by atoms with Crippen molar-refractivity contribution in [1.29, 1.82) is 0 Å². The van der Waals surface area contributed by atoms with Gasteiger partial charge in [-0.2, -0.15) is 0 Å². The summed E-state index contributed by atoms with van der Waals surface area (Å²) >= 11 is 1.74. The van der Waals surface area contributed by atoms with E-state index >= 15 is 0 Å². The molecule has 0 unspecified atom stereocenters. The van der Waals surface area contributed by atoms with E-state index in [-0.39, 0.29) is 5.41 Å². The van der Waals surface area contributed by atoms with Crippen LogP contribution in [0, 0.1) is 0 Å². The highest BCUT2D eigenvalue weighted by atomic mass is 32.2. The largest absolute Gasteiger partial charge is 0.309 e. The van der Waals surface area contributed by atoms with Gasteiger partial charge in [-0.15, -0.1) is 10.2 Å². The highest BCUT2D eigenvalue weighted by molar-refractivity contribution is 7.98. The minimum atomic E-state index is 0.210. The Hall–Kier alpha value is -1.29. The first kappa shape index (κ1) is 16.1. The van der Waals surface area contributed by atoms with Crippen LogP contribution in [0.25, 0.3) is 0 Å². The highest BCUT2D eigenvalue weighted by Crippen LogP contribution is 2.26. The zero-order valence-corrected chi connectivity index (χ0v) is 14.7. The predicted molar refractivity (Wildman–Crippen MR) is 89.8 cm³/mol. The van der Waals surface area contributed by atoms with Crippen molar-refractivity contribution in [3.05, 3.63) is 41.2 Å². The molecule has 1 heterocycles. The van der Waals surface area contributed by atoms with Crippen LogP contribution in [0.1, 0.15) is 57.5 Å². The van der Waals surface area contributed by atoms with Gasteiger partial charge in [-0.05, 0) is 16.5 Å². The molecule has 0 bridgehead atoms. The van der Waals surface area contributed by atoms with E-state index in [1.165, 1.54) is 11.1 Å². The molecule has 0 amide bonds. The molecule has 0 radical (unpaired) electrons. The summed E-state index contributed by atoms with van der Waals surface area (Å²) in [7, 11) is 2.04.